The molecule has 0 spiro atoms. The van der Waals surface area contributed by atoms with Crippen LogP contribution in [-0.2, 0) is 0 Å². The normalized spacial score (nSPS) is 9.26. The summed E-state index contributed by atoms with van der Waals surface area (Å²) in [5.74, 6) is 5.77. The lowest BCUT2D eigenvalue weighted by atomic mass is 10.2. The van der Waals surface area contributed by atoms with Crippen molar-refractivity contribution in [3.63, 3.8) is 0 Å². The molecule has 0 unspecified atom stereocenters. The van der Waals surface area contributed by atoms with Gasteiger partial charge in [0, 0.05) is 23.1 Å². The van der Waals surface area contributed by atoms with E-state index in [0.29, 0.717) is 17.1 Å². The third kappa shape index (κ3) is 3.75. The number of nitrogens with one attached hydrogen (secondary N) is 1. The summed E-state index contributed by atoms with van der Waals surface area (Å²) < 4.78 is 0. The van der Waals surface area contributed by atoms with Gasteiger partial charge in [-0.25, -0.2) is 9.78 Å². The molecule has 4 N–H and O–H groups in total. The molecule has 5 nitrogen and oxygen atoms in total. The zero-order valence-electron chi connectivity index (χ0n) is 9.92. The van der Waals surface area contributed by atoms with Gasteiger partial charge in [-0.3, -0.25) is 5.32 Å². The van der Waals surface area contributed by atoms with Crippen molar-refractivity contribution < 1.29 is 9.90 Å². The third-order valence-corrected chi connectivity index (χ3v) is 2.23. The van der Waals surface area contributed by atoms with Crippen LogP contribution in [0.2, 0.25) is 0 Å². The molecule has 0 radical (unpaired) electrons. The first kappa shape index (κ1) is 12.5. The van der Waals surface area contributed by atoms with E-state index in [2.05, 4.69) is 22.1 Å². The molecule has 5 heteroatoms. The average molecular weight is 253 g/mol. The molecule has 1 amide bonds. The number of nitrogens with two attached hydrogens (primary N) is 1. The Bertz CT molecular complexity index is 672. The van der Waals surface area contributed by atoms with Crippen molar-refractivity contribution in [3.05, 3.63) is 53.9 Å². The van der Waals surface area contributed by atoms with Gasteiger partial charge in [-0.2, -0.15) is 0 Å². The van der Waals surface area contributed by atoms with E-state index in [4.69, 9.17) is 10.8 Å². The first-order chi connectivity index (χ1) is 9.13. The van der Waals surface area contributed by atoms with Gasteiger partial charge >= 0.3 is 6.09 Å². The standard InChI is InChI=1S/C14H11N3O2/c15-11-3-1-2-10(8-11)4-5-12-9-13(6-7-16-12)17-14(18)19/h1-3,6-9H,15H2,(H,16,17)(H,18,19). The van der Waals surface area contributed by atoms with E-state index < -0.39 is 6.09 Å². The fourth-order valence-electron chi connectivity index (χ4n) is 1.45. The molecular weight excluding hydrogens is 242 g/mol. The lowest BCUT2D eigenvalue weighted by molar-refractivity contribution is 0.210. The molecule has 19 heavy (non-hydrogen) atoms. The van der Waals surface area contributed by atoms with Crippen molar-refractivity contribution >= 4 is 17.5 Å². The highest BCUT2D eigenvalue weighted by Gasteiger charge is 1.98. The van der Waals surface area contributed by atoms with Gasteiger partial charge in [0.15, 0.2) is 0 Å². The highest BCUT2D eigenvalue weighted by atomic mass is 16.4. The largest absolute Gasteiger partial charge is 0.465 e. The molecule has 0 aliphatic rings. The van der Waals surface area contributed by atoms with Crippen LogP contribution in [0.1, 0.15) is 11.3 Å². The molecule has 0 atom stereocenters. The van der Waals surface area contributed by atoms with Crippen LogP contribution in [0.4, 0.5) is 16.2 Å². The SMILES string of the molecule is Nc1cccc(C#Cc2cc(NC(=O)O)ccn2)c1. The molecule has 1 aromatic carbocycles. The number of benzene rings is 1. The summed E-state index contributed by atoms with van der Waals surface area (Å²) >= 11 is 0. The summed E-state index contributed by atoms with van der Waals surface area (Å²) in [6.45, 7) is 0. The Balaban J connectivity index is 2.22. The maximum absolute atomic E-state index is 10.5. The minimum Gasteiger partial charge on any atom is -0.465 e. The van der Waals surface area contributed by atoms with E-state index >= 15 is 0 Å². The molecule has 0 saturated heterocycles. The Morgan fingerprint density at radius 3 is 2.84 bits per heavy atom. The number of aromatic nitrogens is 1. The molecule has 1 aromatic heterocycles. The van der Waals surface area contributed by atoms with Gasteiger partial charge in [0.05, 0.1) is 0 Å². The van der Waals surface area contributed by atoms with Crippen molar-refractivity contribution in [1.82, 2.24) is 4.98 Å². The van der Waals surface area contributed by atoms with Crippen molar-refractivity contribution in [1.29, 1.82) is 0 Å². The van der Waals surface area contributed by atoms with Crippen molar-refractivity contribution in [2.45, 2.75) is 0 Å². The Morgan fingerprint density at radius 1 is 1.26 bits per heavy atom. The molecule has 0 aliphatic carbocycles. The number of nitrogens with zero attached hydrogens (tertiary/aromatic N) is 1. The molecule has 2 aromatic rings. The maximum Gasteiger partial charge on any atom is 0.409 e. The lowest BCUT2D eigenvalue weighted by Gasteiger charge is -1.99. The Labute approximate surface area is 110 Å². The van der Waals surface area contributed by atoms with Crippen molar-refractivity contribution in [2.75, 3.05) is 11.1 Å². The van der Waals surface area contributed by atoms with Crippen LogP contribution in [-0.4, -0.2) is 16.2 Å². The Kier molecular flexibility index (Phi) is 3.64. The van der Waals surface area contributed by atoms with E-state index in [0.717, 1.165) is 5.56 Å². The summed E-state index contributed by atoms with van der Waals surface area (Å²) in [4.78, 5) is 14.6. The summed E-state index contributed by atoms with van der Waals surface area (Å²) in [6.07, 6.45) is 0.371. The molecule has 0 bridgehead atoms. The van der Waals surface area contributed by atoms with Gasteiger partial charge in [0.25, 0.3) is 0 Å². The van der Waals surface area contributed by atoms with Crippen LogP contribution in [0.15, 0.2) is 42.6 Å². The minimum absolute atomic E-state index is 0.430. The summed E-state index contributed by atoms with van der Waals surface area (Å²) in [6, 6.07) is 10.3. The third-order valence-electron chi connectivity index (χ3n) is 2.23. The smallest absolute Gasteiger partial charge is 0.409 e. The summed E-state index contributed by atoms with van der Waals surface area (Å²) in [5.41, 5.74) is 7.97. The number of amides is 1. The van der Waals surface area contributed by atoms with Gasteiger partial charge in [-0.05, 0) is 36.3 Å². The van der Waals surface area contributed by atoms with Crippen molar-refractivity contribution in [3.8, 4) is 11.8 Å². The Hall–Kier alpha value is -3.00. The number of rotatable bonds is 1. The van der Waals surface area contributed by atoms with Crippen LogP contribution in [0.5, 0.6) is 0 Å². The molecule has 94 valence electrons. The zero-order chi connectivity index (χ0) is 13.7. The highest BCUT2D eigenvalue weighted by Crippen LogP contribution is 2.08. The molecule has 0 saturated carbocycles. The van der Waals surface area contributed by atoms with Gasteiger partial charge < -0.3 is 10.8 Å². The van der Waals surface area contributed by atoms with Gasteiger partial charge in [-0.15, -0.1) is 0 Å². The number of nitrogen functional groups attached to an aromatic ring is 1. The van der Waals surface area contributed by atoms with Gasteiger partial charge in [-0.1, -0.05) is 12.0 Å². The van der Waals surface area contributed by atoms with E-state index in [1.807, 2.05) is 12.1 Å². The fourth-order valence-corrected chi connectivity index (χ4v) is 1.45. The molecule has 0 aliphatic heterocycles. The average Bonchev–Trinajstić information content (AvgIpc) is 2.36. The number of hydrogen-bond donors (Lipinski definition) is 3. The molecule has 1 heterocycles. The number of anilines is 2. The van der Waals surface area contributed by atoms with E-state index in [9.17, 15) is 4.79 Å². The minimum atomic E-state index is -1.12. The molecule has 2 rings (SSSR count). The number of pyridine rings is 1. The molecular formula is C14H11N3O2. The fraction of sp³-hybridized carbons (Fsp3) is 0. The summed E-state index contributed by atoms with van der Waals surface area (Å²) in [7, 11) is 0. The van der Waals surface area contributed by atoms with Gasteiger partial charge in [0.1, 0.15) is 5.69 Å². The quantitative estimate of drug-likeness (QED) is 0.536. The van der Waals surface area contributed by atoms with Crippen molar-refractivity contribution in [2.24, 2.45) is 0 Å². The topological polar surface area (TPSA) is 88.2 Å². The maximum atomic E-state index is 10.5. The highest BCUT2D eigenvalue weighted by molar-refractivity contribution is 5.82. The zero-order valence-corrected chi connectivity index (χ0v) is 9.92. The van der Waals surface area contributed by atoms with E-state index in [1.165, 1.54) is 6.20 Å². The number of hydrogen-bond acceptors (Lipinski definition) is 3. The predicted octanol–water partition coefficient (Wildman–Crippen LogP) is 2.15. The lowest BCUT2D eigenvalue weighted by Crippen LogP contribution is -2.07. The predicted molar refractivity (Wildman–Crippen MR) is 72.7 cm³/mol. The molecule has 0 fully saturated rings. The second-order valence-corrected chi connectivity index (χ2v) is 3.74. The Morgan fingerprint density at radius 2 is 2.11 bits per heavy atom. The van der Waals surface area contributed by atoms with Crippen LogP contribution in [0.25, 0.3) is 0 Å². The second-order valence-electron chi connectivity index (χ2n) is 3.74. The monoisotopic (exact) mass is 253 g/mol. The van der Waals surface area contributed by atoms with Gasteiger partial charge in [0.2, 0.25) is 0 Å². The van der Waals surface area contributed by atoms with Crippen LogP contribution < -0.4 is 11.1 Å². The number of carboxylic acid groups (broad SMARTS) is 1. The van der Waals surface area contributed by atoms with Crippen LogP contribution in [0.3, 0.4) is 0 Å². The first-order valence-electron chi connectivity index (χ1n) is 5.47. The van der Waals surface area contributed by atoms with Crippen LogP contribution >= 0.6 is 0 Å². The number of carbonyl (C=O) groups is 1. The first-order valence-corrected chi connectivity index (χ1v) is 5.47. The van der Waals surface area contributed by atoms with Crippen LogP contribution in [0, 0.1) is 11.8 Å². The van der Waals surface area contributed by atoms with E-state index in [1.54, 1.807) is 24.3 Å². The summed E-state index contributed by atoms with van der Waals surface area (Å²) in [5, 5.41) is 10.9. The second kappa shape index (κ2) is 5.56. The van der Waals surface area contributed by atoms with E-state index in [-0.39, 0.29) is 0 Å².